The summed E-state index contributed by atoms with van der Waals surface area (Å²) in [5.74, 6) is -3.75. The van der Waals surface area contributed by atoms with Crippen molar-refractivity contribution in [1.29, 1.82) is 0 Å². The summed E-state index contributed by atoms with van der Waals surface area (Å²) in [6.45, 7) is -0.799. The molecule has 194 valence electrons. The van der Waals surface area contributed by atoms with E-state index in [0.29, 0.717) is 6.92 Å². The Balaban J connectivity index is 2.06. The van der Waals surface area contributed by atoms with E-state index in [1.165, 1.54) is 25.2 Å². The van der Waals surface area contributed by atoms with E-state index in [1.54, 1.807) is 0 Å². The number of halogens is 8. The van der Waals surface area contributed by atoms with Gasteiger partial charge in [0.25, 0.3) is 5.92 Å². The molecule has 0 aliphatic carbocycles. The van der Waals surface area contributed by atoms with Crippen LogP contribution in [-0.4, -0.2) is 48.3 Å². The monoisotopic (exact) mass is 514 g/mol. The van der Waals surface area contributed by atoms with E-state index in [-0.39, 0.29) is 29.4 Å². The second-order valence-corrected chi connectivity index (χ2v) is 7.86. The van der Waals surface area contributed by atoms with Gasteiger partial charge < -0.3 is 15.4 Å². The summed E-state index contributed by atoms with van der Waals surface area (Å²) in [4.78, 5) is 8.74. The van der Waals surface area contributed by atoms with E-state index >= 15 is 0 Å². The normalized spacial score (nSPS) is 16.9. The van der Waals surface area contributed by atoms with Gasteiger partial charge in [0.2, 0.25) is 0 Å². The van der Waals surface area contributed by atoms with E-state index in [4.69, 9.17) is 10.5 Å². The molecule has 1 saturated heterocycles. The Morgan fingerprint density at radius 2 is 1.83 bits per heavy atom. The smallest absolute Gasteiger partial charge is 0.425 e. The average molecular weight is 514 g/mol. The first kappa shape index (κ1) is 26.5. The van der Waals surface area contributed by atoms with Gasteiger partial charge in [0, 0.05) is 20.0 Å². The van der Waals surface area contributed by atoms with Gasteiger partial charge in [-0.3, -0.25) is 5.01 Å². The van der Waals surface area contributed by atoms with Gasteiger partial charge in [-0.25, -0.2) is 14.2 Å². The summed E-state index contributed by atoms with van der Waals surface area (Å²) in [5, 5.41) is 1.03. The number of aromatic nitrogens is 2. The number of hydrogen-bond donors (Lipinski definition) is 2. The maximum atomic E-state index is 13.8. The fourth-order valence-electron chi connectivity index (χ4n) is 3.43. The maximum absolute atomic E-state index is 13.8. The number of hydrogen-bond acceptors (Lipinski definition) is 7. The largest absolute Gasteiger partial charge is 0.451 e. The second-order valence-electron chi connectivity index (χ2n) is 7.86. The van der Waals surface area contributed by atoms with Gasteiger partial charge in [0.05, 0.1) is 18.7 Å². The Labute approximate surface area is 194 Å². The van der Waals surface area contributed by atoms with E-state index in [2.05, 4.69) is 15.4 Å². The number of rotatable bonds is 7. The van der Waals surface area contributed by atoms with E-state index in [0.717, 1.165) is 16.0 Å². The van der Waals surface area contributed by atoms with Gasteiger partial charge in [-0.1, -0.05) is 18.2 Å². The number of nitrogens with one attached hydrogen (secondary N) is 1. The third-order valence-electron chi connectivity index (χ3n) is 5.27. The van der Waals surface area contributed by atoms with Crippen LogP contribution in [0, 0.1) is 0 Å². The minimum Gasteiger partial charge on any atom is -0.451 e. The number of benzene rings is 1. The molecule has 1 fully saturated rings. The molecule has 35 heavy (non-hydrogen) atoms. The summed E-state index contributed by atoms with van der Waals surface area (Å²) < 4.78 is 112. The Morgan fingerprint density at radius 3 is 2.37 bits per heavy atom. The number of ether oxygens (including phenoxy) is 1. The highest BCUT2D eigenvalue weighted by Gasteiger charge is 2.42. The van der Waals surface area contributed by atoms with E-state index in [9.17, 15) is 35.1 Å². The van der Waals surface area contributed by atoms with Crippen LogP contribution in [0.3, 0.4) is 0 Å². The quantitative estimate of drug-likeness (QED) is 0.419. The molecule has 1 aliphatic heterocycles. The van der Waals surface area contributed by atoms with Crippen LogP contribution in [0.1, 0.15) is 24.5 Å². The molecule has 1 atom stereocenters. The molecule has 1 aromatic carbocycles. The zero-order valence-corrected chi connectivity index (χ0v) is 18.5. The molecular formula is C20H22F8N6O. The molecule has 7 nitrogen and oxygen atoms in total. The Kier molecular flexibility index (Phi) is 7.20. The van der Waals surface area contributed by atoms with Crippen LogP contribution in [0.2, 0.25) is 0 Å². The van der Waals surface area contributed by atoms with Gasteiger partial charge in [-0.2, -0.15) is 36.3 Å². The molecule has 1 aliphatic rings. The van der Waals surface area contributed by atoms with Crippen molar-refractivity contribution >= 4 is 17.3 Å². The fourth-order valence-corrected chi connectivity index (χ4v) is 3.43. The standard InChI is InChI=1S/C20H22F8N6O/c1-11(19(23,24)25)35-17-31-15(33-8-7-18(21,22)10-33)14(29)16(32-17)34(30-2)9-12-5-3-4-6-13(12)20(26,27)28/h3-6,11,30H,7-10,29H2,1-2H3/t11-/m0/s1. The van der Waals surface area contributed by atoms with Crippen molar-refractivity contribution in [3.63, 3.8) is 0 Å². The predicted octanol–water partition coefficient (Wildman–Crippen LogP) is 4.39. The summed E-state index contributed by atoms with van der Waals surface area (Å²) in [7, 11) is 1.32. The van der Waals surface area contributed by atoms with Crippen molar-refractivity contribution in [3.8, 4) is 6.01 Å². The zero-order chi connectivity index (χ0) is 26.2. The molecule has 2 heterocycles. The molecule has 2 aromatic rings. The van der Waals surface area contributed by atoms with Crippen LogP contribution in [0.5, 0.6) is 6.01 Å². The first-order valence-corrected chi connectivity index (χ1v) is 10.3. The SMILES string of the molecule is CNN(Cc1ccccc1C(F)(F)F)c1nc(O[C@@H](C)C(F)(F)F)nc(N2CCC(F)(F)C2)c1N. The van der Waals surface area contributed by atoms with Gasteiger partial charge in [-0.05, 0) is 18.6 Å². The van der Waals surface area contributed by atoms with Gasteiger partial charge >= 0.3 is 18.4 Å². The predicted molar refractivity (Wildman–Crippen MR) is 111 cm³/mol. The van der Waals surface area contributed by atoms with Crippen LogP contribution in [0.4, 0.5) is 52.4 Å². The molecule has 0 saturated carbocycles. The van der Waals surface area contributed by atoms with Crippen molar-refractivity contribution in [2.24, 2.45) is 0 Å². The molecule has 0 amide bonds. The minimum absolute atomic E-state index is 0.201. The number of alkyl halides is 8. The van der Waals surface area contributed by atoms with Crippen LogP contribution >= 0.6 is 0 Å². The summed E-state index contributed by atoms with van der Waals surface area (Å²) in [5.41, 5.74) is 7.20. The molecule has 0 unspecified atom stereocenters. The van der Waals surface area contributed by atoms with Crippen LogP contribution in [-0.2, 0) is 12.7 Å². The number of nitrogens with zero attached hydrogens (tertiary/aromatic N) is 4. The third kappa shape index (κ3) is 6.13. The van der Waals surface area contributed by atoms with Crippen molar-refractivity contribution in [3.05, 3.63) is 35.4 Å². The van der Waals surface area contributed by atoms with Crippen LogP contribution in [0.15, 0.2) is 24.3 Å². The molecule has 0 radical (unpaired) electrons. The molecule has 0 bridgehead atoms. The third-order valence-corrected chi connectivity index (χ3v) is 5.27. The highest BCUT2D eigenvalue weighted by Crippen LogP contribution is 2.39. The van der Waals surface area contributed by atoms with Crippen molar-refractivity contribution in [2.75, 3.05) is 35.8 Å². The van der Waals surface area contributed by atoms with Gasteiger partial charge in [0.1, 0.15) is 5.69 Å². The lowest BCUT2D eigenvalue weighted by molar-refractivity contribution is -0.190. The molecule has 15 heteroatoms. The lowest BCUT2D eigenvalue weighted by Crippen LogP contribution is -2.38. The van der Waals surface area contributed by atoms with E-state index < -0.39 is 55.5 Å². The van der Waals surface area contributed by atoms with Crippen molar-refractivity contribution in [1.82, 2.24) is 15.4 Å². The number of nitrogen functional groups attached to an aromatic ring is 1. The first-order chi connectivity index (χ1) is 16.1. The maximum Gasteiger partial charge on any atom is 0.425 e. The number of nitrogens with two attached hydrogens (primary N) is 1. The Bertz CT molecular complexity index is 1050. The number of anilines is 3. The molecule has 3 rings (SSSR count). The fraction of sp³-hybridized carbons (Fsp3) is 0.500. The number of hydrazine groups is 1. The first-order valence-electron chi connectivity index (χ1n) is 10.3. The molecule has 3 N–H and O–H groups in total. The molecular weight excluding hydrogens is 492 g/mol. The zero-order valence-electron chi connectivity index (χ0n) is 18.5. The van der Waals surface area contributed by atoms with Crippen LogP contribution in [0.25, 0.3) is 0 Å². The topological polar surface area (TPSA) is 79.5 Å². The molecule has 0 spiro atoms. The summed E-state index contributed by atoms with van der Waals surface area (Å²) in [6, 6.07) is 3.82. The second kappa shape index (κ2) is 9.51. The average Bonchev–Trinajstić information content (AvgIpc) is 3.11. The summed E-state index contributed by atoms with van der Waals surface area (Å²) >= 11 is 0. The van der Waals surface area contributed by atoms with Crippen LogP contribution < -0.4 is 25.8 Å². The minimum atomic E-state index is -4.79. The van der Waals surface area contributed by atoms with E-state index in [1.807, 2.05) is 0 Å². The van der Waals surface area contributed by atoms with Gasteiger partial charge in [-0.15, -0.1) is 0 Å². The lowest BCUT2D eigenvalue weighted by Gasteiger charge is -2.28. The highest BCUT2D eigenvalue weighted by atomic mass is 19.4. The van der Waals surface area contributed by atoms with Gasteiger partial charge in [0.15, 0.2) is 17.7 Å². The Hall–Kier alpha value is -3.10. The molecule has 1 aromatic heterocycles. The van der Waals surface area contributed by atoms with Crippen molar-refractivity contribution in [2.45, 2.75) is 44.3 Å². The highest BCUT2D eigenvalue weighted by molar-refractivity contribution is 5.76. The lowest BCUT2D eigenvalue weighted by atomic mass is 10.1. The van der Waals surface area contributed by atoms with Crippen molar-refractivity contribution < 1.29 is 39.9 Å². The Morgan fingerprint density at radius 1 is 1.17 bits per heavy atom. The summed E-state index contributed by atoms with van der Waals surface area (Å²) in [6.07, 6.45) is -12.4.